The van der Waals surface area contributed by atoms with Crippen LogP contribution in [0, 0.1) is 6.92 Å². The van der Waals surface area contributed by atoms with Crippen LogP contribution in [0.15, 0.2) is 22.7 Å². The van der Waals surface area contributed by atoms with Crippen LogP contribution in [0.1, 0.15) is 12.5 Å². The van der Waals surface area contributed by atoms with Gasteiger partial charge in [0.15, 0.2) is 0 Å². The third-order valence-corrected chi connectivity index (χ3v) is 4.48. The van der Waals surface area contributed by atoms with Gasteiger partial charge in [0, 0.05) is 23.6 Å². The maximum Gasteiger partial charge on any atom is 0.0604 e. The first-order valence-corrected chi connectivity index (χ1v) is 7.16. The molecule has 2 atom stereocenters. The Labute approximate surface area is 118 Å². The molecular weight excluding hydrogens is 292 g/mol. The molecule has 1 saturated heterocycles. The number of aliphatic hydroxyl groups is 1. The van der Waals surface area contributed by atoms with Gasteiger partial charge in [-0.2, -0.15) is 0 Å². The van der Waals surface area contributed by atoms with Crippen molar-refractivity contribution >= 4 is 21.6 Å². The molecule has 18 heavy (non-hydrogen) atoms. The Morgan fingerprint density at radius 1 is 1.39 bits per heavy atom. The molecule has 4 heteroatoms. The van der Waals surface area contributed by atoms with E-state index in [9.17, 15) is 5.11 Å². The van der Waals surface area contributed by atoms with Gasteiger partial charge in [-0.3, -0.25) is 4.90 Å². The first-order chi connectivity index (χ1) is 8.52. The van der Waals surface area contributed by atoms with Gasteiger partial charge in [0.2, 0.25) is 0 Å². The van der Waals surface area contributed by atoms with E-state index in [0.29, 0.717) is 6.04 Å². The van der Waals surface area contributed by atoms with Gasteiger partial charge < -0.3 is 10.0 Å². The topological polar surface area (TPSA) is 26.7 Å². The summed E-state index contributed by atoms with van der Waals surface area (Å²) in [6.45, 7) is 6.38. The summed E-state index contributed by atoms with van der Waals surface area (Å²) in [7, 11) is 2.09. The van der Waals surface area contributed by atoms with Crippen LogP contribution in [0.4, 0.5) is 5.69 Å². The van der Waals surface area contributed by atoms with E-state index in [-0.39, 0.29) is 12.6 Å². The molecule has 1 aromatic carbocycles. The molecule has 1 aliphatic rings. The van der Waals surface area contributed by atoms with Crippen LogP contribution in [0.5, 0.6) is 0 Å². The van der Waals surface area contributed by atoms with E-state index in [2.05, 4.69) is 64.8 Å². The van der Waals surface area contributed by atoms with Crippen molar-refractivity contribution in [3.63, 3.8) is 0 Å². The molecule has 100 valence electrons. The number of benzene rings is 1. The SMILES string of the molecule is Cc1ccc(N2CC(C)N(C)C(CO)C2)c(Br)c1. The number of aryl methyl sites for hydroxylation is 1. The lowest BCUT2D eigenvalue weighted by Gasteiger charge is -2.44. The maximum atomic E-state index is 9.48. The lowest BCUT2D eigenvalue weighted by molar-refractivity contribution is 0.0996. The highest BCUT2D eigenvalue weighted by molar-refractivity contribution is 9.10. The Hall–Kier alpha value is -0.580. The Kier molecular flexibility index (Phi) is 4.30. The minimum atomic E-state index is 0.209. The third kappa shape index (κ3) is 2.71. The van der Waals surface area contributed by atoms with Gasteiger partial charge >= 0.3 is 0 Å². The smallest absolute Gasteiger partial charge is 0.0604 e. The van der Waals surface area contributed by atoms with E-state index >= 15 is 0 Å². The van der Waals surface area contributed by atoms with Crippen molar-refractivity contribution in [2.75, 3.05) is 31.6 Å². The number of nitrogens with zero attached hydrogens (tertiary/aromatic N) is 2. The zero-order valence-electron chi connectivity index (χ0n) is 11.2. The summed E-state index contributed by atoms with van der Waals surface area (Å²) < 4.78 is 1.14. The second-order valence-electron chi connectivity index (χ2n) is 5.21. The Bertz CT molecular complexity index is 424. The van der Waals surface area contributed by atoms with Crippen molar-refractivity contribution in [3.8, 4) is 0 Å². The zero-order chi connectivity index (χ0) is 13.3. The molecule has 0 amide bonds. The highest BCUT2D eigenvalue weighted by Gasteiger charge is 2.29. The van der Waals surface area contributed by atoms with Gasteiger partial charge in [-0.15, -0.1) is 0 Å². The van der Waals surface area contributed by atoms with E-state index < -0.39 is 0 Å². The zero-order valence-corrected chi connectivity index (χ0v) is 12.8. The Balaban J connectivity index is 2.23. The summed E-state index contributed by atoms with van der Waals surface area (Å²) in [6.07, 6.45) is 0. The largest absolute Gasteiger partial charge is 0.395 e. The van der Waals surface area contributed by atoms with Crippen molar-refractivity contribution in [2.24, 2.45) is 0 Å². The monoisotopic (exact) mass is 312 g/mol. The minimum Gasteiger partial charge on any atom is -0.395 e. The highest BCUT2D eigenvalue weighted by Crippen LogP contribution is 2.29. The standard InChI is InChI=1S/C14H21BrN2O/c1-10-4-5-14(13(15)6-10)17-7-11(2)16(3)12(8-17)9-18/h4-6,11-12,18H,7-9H2,1-3H3. The van der Waals surface area contributed by atoms with Gasteiger partial charge in [0.1, 0.15) is 0 Å². The average molecular weight is 313 g/mol. The molecule has 1 fully saturated rings. The second-order valence-corrected chi connectivity index (χ2v) is 6.07. The number of piperazine rings is 1. The van der Waals surface area contributed by atoms with E-state index in [1.54, 1.807) is 0 Å². The third-order valence-electron chi connectivity index (χ3n) is 3.84. The number of rotatable bonds is 2. The predicted molar refractivity (Wildman–Crippen MR) is 79.2 cm³/mol. The van der Waals surface area contributed by atoms with E-state index in [1.165, 1.54) is 11.3 Å². The van der Waals surface area contributed by atoms with Crippen LogP contribution in [0.2, 0.25) is 0 Å². The fraction of sp³-hybridized carbons (Fsp3) is 0.571. The molecule has 0 saturated carbocycles. The van der Waals surface area contributed by atoms with Crippen LogP contribution in [-0.4, -0.2) is 48.8 Å². The van der Waals surface area contributed by atoms with Crippen molar-refractivity contribution in [1.82, 2.24) is 4.90 Å². The summed E-state index contributed by atoms with van der Waals surface area (Å²) in [6, 6.07) is 7.10. The summed E-state index contributed by atoms with van der Waals surface area (Å²) in [4.78, 5) is 4.62. The lowest BCUT2D eigenvalue weighted by Crippen LogP contribution is -2.57. The molecule has 3 nitrogen and oxygen atoms in total. The van der Waals surface area contributed by atoms with Gasteiger partial charge in [-0.25, -0.2) is 0 Å². The maximum absolute atomic E-state index is 9.48. The molecule has 1 heterocycles. The van der Waals surface area contributed by atoms with Gasteiger partial charge in [-0.05, 0) is 54.5 Å². The summed E-state index contributed by atoms with van der Waals surface area (Å²) in [5.74, 6) is 0. The van der Waals surface area contributed by atoms with Crippen molar-refractivity contribution in [3.05, 3.63) is 28.2 Å². The fourth-order valence-electron chi connectivity index (χ4n) is 2.52. The molecule has 1 N–H and O–H groups in total. The quantitative estimate of drug-likeness (QED) is 0.907. The van der Waals surface area contributed by atoms with Crippen LogP contribution >= 0.6 is 15.9 Å². The normalized spacial score (nSPS) is 25.5. The number of aliphatic hydroxyl groups excluding tert-OH is 1. The summed E-state index contributed by atoms with van der Waals surface area (Å²) in [5.41, 5.74) is 2.48. The number of likely N-dealkylation sites (N-methyl/N-ethyl adjacent to an activating group) is 1. The average Bonchev–Trinajstić information content (AvgIpc) is 2.32. The second kappa shape index (κ2) is 5.59. The molecule has 0 spiro atoms. The number of halogens is 1. The molecule has 0 aromatic heterocycles. The van der Waals surface area contributed by atoms with Crippen LogP contribution in [0.25, 0.3) is 0 Å². The summed E-state index contributed by atoms with van der Waals surface area (Å²) in [5, 5.41) is 9.48. The summed E-state index contributed by atoms with van der Waals surface area (Å²) >= 11 is 3.64. The molecule has 0 bridgehead atoms. The van der Waals surface area contributed by atoms with Crippen molar-refractivity contribution < 1.29 is 5.11 Å². The van der Waals surface area contributed by atoms with E-state index in [1.807, 2.05) is 0 Å². The van der Waals surface area contributed by atoms with E-state index in [0.717, 1.165) is 17.6 Å². The van der Waals surface area contributed by atoms with Crippen LogP contribution < -0.4 is 4.90 Å². The molecular formula is C14H21BrN2O. The first-order valence-electron chi connectivity index (χ1n) is 6.37. The fourth-order valence-corrected chi connectivity index (χ4v) is 3.26. The number of hydrogen-bond acceptors (Lipinski definition) is 3. The molecule has 1 aliphatic heterocycles. The van der Waals surface area contributed by atoms with Crippen LogP contribution in [-0.2, 0) is 0 Å². The van der Waals surface area contributed by atoms with Gasteiger partial charge in [0.05, 0.1) is 18.3 Å². The van der Waals surface area contributed by atoms with Gasteiger partial charge in [0.25, 0.3) is 0 Å². The molecule has 1 aromatic rings. The molecule has 2 rings (SSSR count). The van der Waals surface area contributed by atoms with Gasteiger partial charge in [-0.1, -0.05) is 6.07 Å². The minimum absolute atomic E-state index is 0.209. The predicted octanol–water partition coefficient (Wildman–Crippen LogP) is 2.26. The Morgan fingerprint density at radius 2 is 2.11 bits per heavy atom. The van der Waals surface area contributed by atoms with Crippen molar-refractivity contribution in [1.29, 1.82) is 0 Å². The molecule has 0 aliphatic carbocycles. The highest BCUT2D eigenvalue weighted by atomic mass is 79.9. The first kappa shape index (κ1) is 13.8. The van der Waals surface area contributed by atoms with Crippen LogP contribution in [0.3, 0.4) is 0 Å². The number of hydrogen-bond donors (Lipinski definition) is 1. The molecule has 0 radical (unpaired) electrons. The van der Waals surface area contributed by atoms with Crippen molar-refractivity contribution in [2.45, 2.75) is 25.9 Å². The molecule has 2 unspecified atom stereocenters. The lowest BCUT2D eigenvalue weighted by atomic mass is 10.1. The Morgan fingerprint density at radius 3 is 2.72 bits per heavy atom. The van der Waals surface area contributed by atoms with E-state index in [4.69, 9.17) is 0 Å². The number of anilines is 1.